The second-order valence-electron chi connectivity index (χ2n) is 4.62. The number of carbonyl (C=O) groups excluding carboxylic acids is 1. The zero-order valence-corrected chi connectivity index (χ0v) is 12.3. The smallest absolute Gasteiger partial charge is 0.357 e. The molecule has 0 aliphatic heterocycles. The maximum Gasteiger partial charge on any atom is 0.357 e. The van der Waals surface area contributed by atoms with Gasteiger partial charge in [-0.25, -0.2) is 0 Å². The number of hydrogen-bond donors (Lipinski definition) is 2. The SMILES string of the molecule is CCC(CC)(O[C@@H]1C=CC(OC(C)=O)C1)P(=O)(O)O. The van der Waals surface area contributed by atoms with Crippen LogP contribution < -0.4 is 0 Å². The lowest BCUT2D eigenvalue weighted by molar-refractivity contribution is -0.145. The summed E-state index contributed by atoms with van der Waals surface area (Å²) in [6, 6.07) is 0. The largest absolute Gasteiger partial charge is 0.458 e. The van der Waals surface area contributed by atoms with Gasteiger partial charge in [-0.1, -0.05) is 19.9 Å². The van der Waals surface area contributed by atoms with Crippen molar-refractivity contribution in [2.75, 3.05) is 0 Å². The quantitative estimate of drug-likeness (QED) is 0.441. The molecule has 19 heavy (non-hydrogen) atoms. The molecule has 1 aliphatic carbocycles. The fraction of sp³-hybridized carbons (Fsp3) is 0.750. The van der Waals surface area contributed by atoms with Gasteiger partial charge >= 0.3 is 13.6 Å². The summed E-state index contributed by atoms with van der Waals surface area (Å²) in [6.45, 7) is 4.69. The van der Waals surface area contributed by atoms with Crippen LogP contribution in [0.3, 0.4) is 0 Å². The van der Waals surface area contributed by atoms with Gasteiger partial charge in [-0.2, -0.15) is 0 Å². The molecule has 1 unspecified atom stereocenters. The summed E-state index contributed by atoms with van der Waals surface area (Å²) >= 11 is 0. The van der Waals surface area contributed by atoms with Gasteiger partial charge in [0.2, 0.25) is 0 Å². The number of hydrogen-bond acceptors (Lipinski definition) is 4. The van der Waals surface area contributed by atoms with E-state index < -0.39 is 19.0 Å². The van der Waals surface area contributed by atoms with Gasteiger partial charge in [-0.3, -0.25) is 9.36 Å². The van der Waals surface area contributed by atoms with Gasteiger partial charge in [0.1, 0.15) is 6.10 Å². The molecule has 0 saturated carbocycles. The van der Waals surface area contributed by atoms with Crippen LogP contribution in [0.15, 0.2) is 12.2 Å². The summed E-state index contributed by atoms with van der Waals surface area (Å²) in [5, 5.41) is -1.47. The van der Waals surface area contributed by atoms with Gasteiger partial charge < -0.3 is 19.3 Å². The van der Waals surface area contributed by atoms with Gasteiger partial charge in [0.25, 0.3) is 0 Å². The van der Waals surface area contributed by atoms with Crippen molar-refractivity contribution in [3.63, 3.8) is 0 Å². The monoisotopic (exact) mass is 292 g/mol. The lowest BCUT2D eigenvalue weighted by atomic mass is 10.2. The minimum atomic E-state index is -4.37. The van der Waals surface area contributed by atoms with E-state index >= 15 is 0 Å². The van der Waals surface area contributed by atoms with Crippen LogP contribution in [0.25, 0.3) is 0 Å². The molecule has 0 aromatic heterocycles. The maximum absolute atomic E-state index is 11.6. The Morgan fingerprint density at radius 1 is 1.32 bits per heavy atom. The summed E-state index contributed by atoms with van der Waals surface area (Å²) in [6.07, 6.45) is 3.36. The molecule has 110 valence electrons. The number of ether oxygens (including phenoxy) is 2. The Morgan fingerprint density at radius 3 is 2.26 bits per heavy atom. The highest BCUT2D eigenvalue weighted by atomic mass is 31.2. The fourth-order valence-corrected chi connectivity index (χ4v) is 3.30. The molecular weight excluding hydrogens is 271 g/mol. The van der Waals surface area contributed by atoms with Crippen molar-refractivity contribution in [3.8, 4) is 0 Å². The van der Waals surface area contributed by atoms with Crippen LogP contribution >= 0.6 is 7.60 Å². The molecule has 0 fully saturated rings. The maximum atomic E-state index is 11.6. The molecule has 0 saturated heterocycles. The third-order valence-electron chi connectivity index (χ3n) is 3.33. The van der Waals surface area contributed by atoms with Crippen LogP contribution in [0.1, 0.15) is 40.0 Å². The lowest BCUT2D eigenvalue weighted by Gasteiger charge is -2.34. The number of esters is 1. The number of carbonyl (C=O) groups is 1. The molecule has 0 amide bonds. The predicted molar refractivity (Wildman–Crippen MR) is 69.5 cm³/mol. The first kappa shape index (κ1) is 16.4. The molecule has 1 aliphatic rings. The Hall–Kier alpha value is -0.680. The van der Waals surface area contributed by atoms with E-state index in [1.807, 2.05) is 0 Å². The van der Waals surface area contributed by atoms with Crippen LogP contribution in [-0.4, -0.2) is 33.3 Å². The second-order valence-corrected chi connectivity index (χ2v) is 6.53. The highest BCUT2D eigenvalue weighted by molar-refractivity contribution is 7.53. The average Bonchev–Trinajstić information content (AvgIpc) is 2.70. The Balaban J connectivity index is 2.71. The fourth-order valence-electron chi connectivity index (χ4n) is 2.20. The second kappa shape index (κ2) is 6.18. The summed E-state index contributed by atoms with van der Waals surface area (Å²) in [5.74, 6) is -0.387. The first-order valence-corrected chi connectivity index (χ1v) is 7.94. The Kier molecular flexibility index (Phi) is 5.33. The molecule has 2 N–H and O–H groups in total. The van der Waals surface area contributed by atoms with E-state index in [9.17, 15) is 19.1 Å². The molecule has 0 radical (unpaired) electrons. The van der Waals surface area contributed by atoms with Gasteiger partial charge in [0, 0.05) is 13.3 Å². The van der Waals surface area contributed by atoms with Gasteiger partial charge in [0.05, 0.1) is 6.10 Å². The van der Waals surface area contributed by atoms with E-state index in [4.69, 9.17) is 9.47 Å². The van der Waals surface area contributed by atoms with Crippen molar-refractivity contribution in [2.45, 2.75) is 57.6 Å². The third-order valence-corrected chi connectivity index (χ3v) is 5.13. The molecule has 1 rings (SSSR count). The van der Waals surface area contributed by atoms with Gasteiger partial charge in [-0.15, -0.1) is 0 Å². The summed E-state index contributed by atoms with van der Waals surface area (Å²) in [5.41, 5.74) is 0. The first-order chi connectivity index (χ1) is 8.74. The van der Waals surface area contributed by atoms with Crippen molar-refractivity contribution in [1.82, 2.24) is 0 Å². The highest BCUT2D eigenvalue weighted by Gasteiger charge is 2.47. The molecule has 6 nitrogen and oxygen atoms in total. The van der Waals surface area contributed by atoms with E-state index in [2.05, 4.69) is 0 Å². The molecule has 0 aromatic rings. The van der Waals surface area contributed by atoms with Crippen LogP contribution in [0.2, 0.25) is 0 Å². The zero-order chi connectivity index (χ0) is 14.7. The molecule has 0 bridgehead atoms. The van der Waals surface area contributed by atoms with E-state index in [0.717, 1.165) is 0 Å². The van der Waals surface area contributed by atoms with Crippen LogP contribution in [0, 0.1) is 0 Å². The van der Waals surface area contributed by atoms with E-state index in [1.54, 1.807) is 26.0 Å². The zero-order valence-electron chi connectivity index (χ0n) is 11.4. The van der Waals surface area contributed by atoms with Crippen molar-refractivity contribution in [1.29, 1.82) is 0 Å². The van der Waals surface area contributed by atoms with Gasteiger partial charge in [-0.05, 0) is 18.9 Å². The van der Waals surface area contributed by atoms with Crippen molar-refractivity contribution >= 4 is 13.6 Å². The topological polar surface area (TPSA) is 93.1 Å². The minimum absolute atomic E-state index is 0.219. The van der Waals surface area contributed by atoms with Crippen LogP contribution in [0.5, 0.6) is 0 Å². The molecule has 7 heteroatoms. The first-order valence-electron chi connectivity index (χ1n) is 6.33. The van der Waals surface area contributed by atoms with Crippen LogP contribution in [-0.2, 0) is 18.8 Å². The molecular formula is C12H21O6P. The summed E-state index contributed by atoms with van der Waals surface area (Å²) in [4.78, 5) is 29.8. The lowest BCUT2D eigenvalue weighted by Crippen LogP contribution is -2.35. The van der Waals surface area contributed by atoms with E-state index in [0.29, 0.717) is 6.42 Å². The van der Waals surface area contributed by atoms with Crippen LogP contribution in [0.4, 0.5) is 0 Å². The highest BCUT2D eigenvalue weighted by Crippen LogP contribution is 2.56. The molecule has 0 spiro atoms. The molecule has 0 heterocycles. The van der Waals surface area contributed by atoms with Crippen molar-refractivity contribution in [3.05, 3.63) is 12.2 Å². The van der Waals surface area contributed by atoms with Gasteiger partial charge in [0.15, 0.2) is 5.34 Å². The van der Waals surface area contributed by atoms with Crippen molar-refractivity contribution < 1.29 is 28.6 Å². The standard InChI is InChI=1S/C12H21O6P/c1-4-12(5-2,19(14,15)16)18-11-7-6-10(8-11)17-9(3)13/h6-7,10-11H,4-5,8H2,1-3H3,(H2,14,15,16)/t10?,11-/m1/s1. The van der Waals surface area contributed by atoms with E-state index in [-0.39, 0.29) is 24.9 Å². The summed E-state index contributed by atoms with van der Waals surface area (Å²) in [7, 11) is -4.37. The Labute approximate surface area is 112 Å². The molecule has 0 aromatic carbocycles. The number of rotatable bonds is 6. The van der Waals surface area contributed by atoms with Crippen molar-refractivity contribution in [2.24, 2.45) is 0 Å². The third kappa shape index (κ3) is 3.89. The Bertz CT molecular complexity index is 395. The molecule has 2 atom stereocenters. The van der Waals surface area contributed by atoms with E-state index in [1.165, 1.54) is 6.92 Å². The minimum Gasteiger partial charge on any atom is -0.458 e. The summed E-state index contributed by atoms with van der Waals surface area (Å²) < 4.78 is 22.3. The average molecular weight is 292 g/mol. The predicted octanol–water partition coefficient (Wildman–Crippen LogP) is 1.96. The Morgan fingerprint density at radius 2 is 1.84 bits per heavy atom. The normalized spacial score (nSPS) is 23.6.